The molecule has 3 aromatic carbocycles. The quantitative estimate of drug-likeness (QED) is 0.590. The van der Waals surface area contributed by atoms with Crippen molar-refractivity contribution in [3.05, 3.63) is 89.5 Å². The fourth-order valence-corrected chi connectivity index (χ4v) is 3.20. The standard InChI is InChI=1S/C24H23NO4/c1-2-25(15-19-10-13-22-23(14-19)29-17-28-22)24(26)20-11-8-18(9-12-20)16-27-21-6-4-3-5-7-21/h3-14H,2,15-17H2,1H3. The van der Waals surface area contributed by atoms with E-state index in [1.54, 1.807) is 0 Å². The Balaban J connectivity index is 1.39. The molecule has 0 bridgehead atoms. The molecule has 5 heteroatoms. The second kappa shape index (κ2) is 8.69. The lowest BCUT2D eigenvalue weighted by atomic mass is 10.1. The van der Waals surface area contributed by atoms with Gasteiger partial charge in [0.15, 0.2) is 11.5 Å². The van der Waals surface area contributed by atoms with Crippen LogP contribution in [0.5, 0.6) is 17.2 Å². The van der Waals surface area contributed by atoms with Gasteiger partial charge in [0.2, 0.25) is 6.79 Å². The fourth-order valence-electron chi connectivity index (χ4n) is 3.20. The van der Waals surface area contributed by atoms with E-state index in [0.29, 0.717) is 25.3 Å². The molecule has 0 saturated carbocycles. The molecule has 1 heterocycles. The molecule has 148 valence electrons. The van der Waals surface area contributed by atoms with Crippen LogP contribution in [0.25, 0.3) is 0 Å². The van der Waals surface area contributed by atoms with Gasteiger partial charge in [-0.05, 0) is 54.4 Å². The van der Waals surface area contributed by atoms with E-state index < -0.39 is 0 Å². The van der Waals surface area contributed by atoms with Gasteiger partial charge in [-0.25, -0.2) is 0 Å². The lowest BCUT2D eigenvalue weighted by Gasteiger charge is -2.21. The van der Waals surface area contributed by atoms with Crippen LogP contribution in [0.3, 0.4) is 0 Å². The Bertz CT molecular complexity index is 970. The largest absolute Gasteiger partial charge is 0.489 e. The summed E-state index contributed by atoms with van der Waals surface area (Å²) in [6.07, 6.45) is 0. The van der Waals surface area contributed by atoms with Crippen LogP contribution in [0, 0.1) is 0 Å². The van der Waals surface area contributed by atoms with Gasteiger partial charge in [0, 0.05) is 18.7 Å². The highest BCUT2D eigenvalue weighted by Gasteiger charge is 2.17. The van der Waals surface area contributed by atoms with Crippen molar-refractivity contribution in [1.29, 1.82) is 0 Å². The van der Waals surface area contributed by atoms with Gasteiger partial charge < -0.3 is 19.1 Å². The minimum atomic E-state index is 0.000643. The topological polar surface area (TPSA) is 48.0 Å². The third kappa shape index (κ3) is 4.51. The molecule has 0 N–H and O–H groups in total. The molecule has 3 aromatic rings. The van der Waals surface area contributed by atoms with Gasteiger partial charge in [-0.2, -0.15) is 0 Å². The molecule has 29 heavy (non-hydrogen) atoms. The normalized spacial score (nSPS) is 11.9. The molecular weight excluding hydrogens is 366 g/mol. The second-order valence-electron chi connectivity index (χ2n) is 6.81. The van der Waals surface area contributed by atoms with E-state index >= 15 is 0 Å². The van der Waals surface area contributed by atoms with Crippen LogP contribution in [0.15, 0.2) is 72.8 Å². The van der Waals surface area contributed by atoms with Crippen molar-refractivity contribution >= 4 is 5.91 Å². The van der Waals surface area contributed by atoms with Crippen molar-refractivity contribution in [2.24, 2.45) is 0 Å². The lowest BCUT2D eigenvalue weighted by molar-refractivity contribution is 0.0752. The highest BCUT2D eigenvalue weighted by atomic mass is 16.7. The Labute approximate surface area is 170 Å². The molecule has 0 spiro atoms. The average molecular weight is 389 g/mol. The van der Waals surface area contributed by atoms with E-state index in [1.807, 2.05) is 84.6 Å². The summed E-state index contributed by atoms with van der Waals surface area (Å²) in [6, 6.07) is 23.1. The summed E-state index contributed by atoms with van der Waals surface area (Å²) in [6.45, 7) is 3.83. The Kier molecular flexibility index (Phi) is 5.66. The number of fused-ring (bicyclic) bond motifs is 1. The van der Waals surface area contributed by atoms with Crippen LogP contribution in [0.1, 0.15) is 28.4 Å². The Hall–Kier alpha value is -3.47. The number of nitrogens with zero attached hydrogens (tertiary/aromatic N) is 1. The maximum Gasteiger partial charge on any atom is 0.254 e. The smallest absolute Gasteiger partial charge is 0.254 e. The molecule has 4 rings (SSSR count). The molecule has 0 radical (unpaired) electrons. The van der Waals surface area contributed by atoms with Gasteiger partial charge in [-0.1, -0.05) is 36.4 Å². The average Bonchev–Trinajstić information content (AvgIpc) is 3.24. The molecule has 0 saturated heterocycles. The summed E-state index contributed by atoms with van der Waals surface area (Å²) in [5, 5.41) is 0. The Morgan fingerprint density at radius 2 is 1.66 bits per heavy atom. The molecule has 0 aromatic heterocycles. The van der Waals surface area contributed by atoms with E-state index in [9.17, 15) is 4.79 Å². The van der Waals surface area contributed by atoms with Crippen molar-refractivity contribution in [2.75, 3.05) is 13.3 Å². The molecule has 5 nitrogen and oxygen atoms in total. The maximum atomic E-state index is 12.9. The van der Waals surface area contributed by atoms with E-state index in [0.717, 1.165) is 28.4 Å². The van der Waals surface area contributed by atoms with Gasteiger partial charge in [0.05, 0.1) is 0 Å². The van der Waals surface area contributed by atoms with Gasteiger partial charge in [0.1, 0.15) is 12.4 Å². The van der Waals surface area contributed by atoms with Crippen molar-refractivity contribution in [3.8, 4) is 17.2 Å². The summed E-state index contributed by atoms with van der Waals surface area (Å²) in [5.74, 6) is 2.31. The SMILES string of the molecule is CCN(Cc1ccc2c(c1)OCO2)C(=O)c1ccc(COc2ccccc2)cc1. The summed E-state index contributed by atoms with van der Waals surface area (Å²) >= 11 is 0. The van der Waals surface area contributed by atoms with Gasteiger partial charge in [0.25, 0.3) is 5.91 Å². The number of benzene rings is 3. The van der Waals surface area contributed by atoms with Crippen LogP contribution in [-0.2, 0) is 13.2 Å². The van der Waals surface area contributed by atoms with Crippen molar-refractivity contribution in [1.82, 2.24) is 4.90 Å². The fraction of sp³-hybridized carbons (Fsp3) is 0.208. The molecule has 0 atom stereocenters. The molecule has 1 aliphatic heterocycles. The summed E-state index contributed by atoms with van der Waals surface area (Å²) in [5.41, 5.74) is 2.69. The van der Waals surface area contributed by atoms with Crippen LogP contribution < -0.4 is 14.2 Å². The number of amides is 1. The van der Waals surface area contributed by atoms with Crippen LogP contribution in [0.4, 0.5) is 0 Å². The predicted octanol–water partition coefficient (Wildman–Crippen LogP) is 4.66. The first-order chi connectivity index (χ1) is 14.2. The summed E-state index contributed by atoms with van der Waals surface area (Å²) in [4.78, 5) is 14.8. The van der Waals surface area contributed by atoms with Crippen LogP contribution >= 0.6 is 0 Å². The Morgan fingerprint density at radius 3 is 2.41 bits per heavy atom. The van der Waals surface area contributed by atoms with Crippen LogP contribution in [0.2, 0.25) is 0 Å². The predicted molar refractivity (Wildman–Crippen MR) is 110 cm³/mol. The number of carbonyl (C=O) groups is 1. The number of hydrogen-bond acceptors (Lipinski definition) is 4. The first-order valence-corrected chi connectivity index (χ1v) is 9.67. The zero-order valence-corrected chi connectivity index (χ0v) is 16.3. The third-order valence-corrected chi connectivity index (χ3v) is 4.83. The minimum absolute atomic E-state index is 0.000643. The molecule has 1 aliphatic rings. The van der Waals surface area contributed by atoms with Gasteiger partial charge in [-0.15, -0.1) is 0 Å². The number of hydrogen-bond donors (Lipinski definition) is 0. The van der Waals surface area contributed by atoms with E-state index in [2.05, 4.69) is 0 Å². The minimum Gasteiger partial charge on any atom is -0.489 e. The van der Waals surface area contributed by atoms with E-state index in [4.69, 9.17) is 14.2 Å². The third-order valence-electron chi connectivity index (χ3n) is 4.83. The number of ether oxygens (including phenoxy) is 3. The summed E-state index contributed by atoms with van der Waals surface area (Å²) in [7, 11) is 0. The van der Waals surface area contributed by atoms with Crippen molar-refractivity contribution in [3.63, 3.8) is 0 Å². The Morgan fingerprint density at radius 1 is 0.931 bits per heavy atom. The van der Waals surface area contributed by atoms with E-state index in [1.165, 1.54) is 0 Å². The van der Waals surface area contributed by atoms with E-state index in [-0.39, 0.29) is 12.7 Å². The zero-order valence-electron chi connectivity index (χ0n) is 16.3. The first kappa shape index (κ1) is 18.9. The monoisotopic (exact) mass is 389 g/mol. The first-order valence-electron chi connectivity index (χ1n) is 9.67. The number of para-hydroxylation sites is 1. The van der Waals surface area contributed by atoms with Crippen molar-refractivity contribution in [2.45, 2.75) is 20.1 Å². The highest BCUT2D eigenvalue weighted by molar-refractivity contribution is 5.94. The van der Waals surface area contributed by atoms with Crippen LogP contribution in [-0.4, -0.2) is 24.1 Å². The molecule has 1 amide bonds. The zero-order chi connectivity index (χ0) is 20.1. The van der Waals surface area contributed by atoms with Crippen molar-refractivity contribution < 1.29 is 19.0 Å². The van der Waals surface area contributed by atoms with Gasteiger partial charge >= 0.3 is 0 Å². The molecule has 0 fully saturated rings. The molecule has 0 aliphatic carbocycles. The highest BCUT2D eigenvalue weighted by Crippen LogP contribution is 2.32. The number of carbonyl (C=O) groups excluding carboxylic acids is 1. The number of rotatable bonds is 7. The molecular formula is C24H23NO4. The second-order valence-corrected chi connectivity index (χ2v) is 6.81. The lowest BCUT2D eigenvalue weighted by Crippen LogP contribution is -2.30. The van der Waals surface area contributed by atoms with Gasteiger partial charge in [-0.3, -0.25) is 4.79 Å². The summed E-state index contributed by atoms with van der Waals surface area (Å²) < 4.78 is 16.5. The molecule has 0 unspecified atom stereocenters. The maximum absolute atomic E-state index is 12.9.